The van der Waals surface area contributed by atoms with Crippen LogP contribution in [0.3, 0.4) is 0 Å². The van der Waals surface area contributed by atoms with E-state index in [9.17, 15) is 15.0 Å². The molecule has 226 valence electrons. The van der Waals surface area contributed by atoms with Crippen LogP contribution in [-0.2, 0) is 21.3 Å². The second-order valence-electron chi connectivity index (χ2n) is 10.9. The molecule has 1 fully saturated rings. The van der Waals surface area contributed by atoms with Crippen molar-refractivity contribution in [2.75, 3.05) is 19.1 Å². The van der Waals surface area contributed by atoms with Crippen molar-refractivity contribution in [1.82, 2.24) is 14.5 Å². The van der Waals surface area contributed by atoms with Gasteiger partial charge in [-0.15, -0.1) is 0 Å². The lowest BCUT2D eigenvalue weighted by atomic mass is 10.0. The Kier molecular flexibility index (Phi) is 11.7. The van der Waals surface area contributed by atoms with Crippen LogP contribution in [0.2, 0.25) is 0 Å². The van der Waals surface area contributed by atoms with Crippen LogP contribution in [-0.4, -0.2) is 56.5 Å². The van der Waals surface area contributed by atoms with Gasteiger partial charge in [0, 0.05) is 0 Å². The molecule has 4 rings (SSSR count). The molecule has 1 aliphatic heterocycles. The summed E-state index contributed by atoms with van der Waals surface area (Å²) in [7, 11) is 1.71. The molecule has 1 aliphatic rings. The number of aromatic amines is 1. The topological polar surface area (TPSA) is 149 Å². The number of ether oxygens (including phenoxy) is 3. The largest absolute Gasteiger partial charge is 0.394 e. The van der Waals surface area contributed by atoms with Crippen molar-refractivity contribution in [2.24, 2.45) is 7.05 Å². The predicted octanol–water partition coefficient (Wildman–Crippen LogP) is 3.40. The number of fused-ring (bicyclic) bond motifs is 1. The van der Waals surface area contributed by atoms with Gasteiger partial charge in [0.05, 0.1) is 19.8 Å². The van der Waals surface area contributed by atoms with Crippen LogP contribution in [0, 0.1) is 0 Å². The normalized spacial score (nSPS) is 21.6. The van der Waals surface area contributed by atoms with E-state index in [1.54, 1.807) is 22.5 Å². The number of hydrogen-bond acceptors (Lipinski definition) is 8. The van der Waals surface area contributed by atoms with Crippen LogP contribution < -0.4 is 15.9 Å². The molecular weight excluding hydrogens is 526 g/mol. The van der Waals surface area contributed by atoms with Crippen molar-refractivity contribution < 1.29 is 29.0 Å². The van der Waals surface area contributed by atoms with Gasteiger partial charge >= 0.3 is 5.65 Å². The summed E-state index contributed by atoms with van der Waals surface area (Å²) < 4.78 is 21.5. The second-order valence-corrected chi connectivity index (χ2v) is 10.9. The Balaban J connectivity index is 1.39. The maximum absolute atomic E-state index is 12.5. The fraction of sp³-hybridized carbons (Fsp3) is 0.633. The van der Waals surface area contributed by atoms with Crippen LogP contribution in [0.4, 0.5) is 5.95 Å². The fourth-order valence-corrected chi connectivity index (χ4v) is 5.58. The lowest BCUT2D eigenvalue weighted by molar-refractivity contribution is -0.746. The molecule has 0 amide bonds. The molecule has 11 heteroatoms. The van der Waals surface area contributed by atoms with Gasteiger partial charge in [0.2, 0.25) is 11.7 Å². The van der Waals surface area contributed by atoms with E-state index in [1.807, 2.05) is 18.2 Å². The number of nitrogens with one attached hydrogen (secondary N) is 1. The summed E-state index contributed by atoms with van der Waals surface area (Å²) >= 11 is 0. The maximum atomic E-state index is 12.5. The quantitative estimate of drug-likeness (QED) is 0.109. The van der Waals surface area contributed by atoms with Crippen molar-refractivity contribution >= 4 is 17.1 Å². The molecular formula is C30H46N5O6+. The number of aryl methyl sites for hydroxylation is 1. The van der Waals surface area contributed by atoms with Gasteiger partial charge in [-0.3, -0.25) is 14.3 Å². The zero-order valence-electron chi connectivity index (χ0n) is 24.3. The minimum Gasteiger partial charge on any atom is -0.394 e. The highest BCUT2D eigenvalue weighted by atomic mass is 16.7. The minimum absolute atomic E-state index is 0.0392. The number of imidazole rings is 1. The highest BCUT2D eigenvalue weighted by Crippen LogP contribution is 2.30. The Labute approximate surface area is 241 Å². The number of unbranched alkanes of at least 4 members (excludes halogenated alkanes) is 8. The van der Waals surface area contributed by atoms with Gasteiger partial charge in [-0.1, -0.05) is 100 Å². The molecule has 0 aliphatic carbocycles. The van der Waals surface area contributed by atoms with E-state index in [0.717, 1.165) is 24.8 Å². The van der Waals surface area contributed by atoms with E-state index in [4.69, 9.17) is 19.9 Å². The molecule has 0 spiro atoms. The van der Waals surface area contributed by atoms with Crippen LogP contribution in [0.25, 0.3) is 11.2 Å². The molecule has 0 saturated carbocycles. The van der Waals surface area contributed by atoms with Crippen molar-refractivity contribution in [1.29, 1.82) is 0 Å². The van der Waals surface area contributed by atoms with Gasteiger partial charge in [0.1, 0.15) is 25.1 Å². The highest BCUT2D eigenvalue weighted by molar-refractivity contribution is 5.67. The smallest absolute Gasteiger partial charge is 0.313 e. The first kappa shape index (κ1) is 31.1. The first-order valence-electron chi connectivity index (χ1n) is 14.9. The van der Waals surface area contributed by atoms with Crippen molar-refractivity contribution in [2.45, 2.75) is 102 Å². The van der Waals surface area contributed by atoms with Crippen LogP contribution >= 0.6 is 0 Å². The number of nitrogens with two attached hydrogens (primary N) is 1. The van der Waals surface area contributed by atoms with E-state index >= 15 is 0 Å². The number of aliphatic hydroxyl groups excluding tert-OH is 2. The number of hydrogen-bond donors (Lipinski definition) is 4. The van der Waals surface area contributed by atoms with Gasteiger partial charge in [-0.2, -0.15) is 0 Å². The molecule has 3 aromatic rings. The summed E-state index contributed by atoms with van der Waals surface area (Å²) in [6.45, 7) is 1.76. The number of nitrogens with zero attached hydrogens (tertiary/aromatic N) is 3. The lowest BCUT2D eigenvalue weighted by Crippen LogP contribution is -2.47. The van der Waals surface area contributed by atoms with Gasteiger partial charge in [0.25, 0.3) is 11.5 Å². The van der Waals surface area contributed by atoms with Crippen LogP contribution in [0.5, 0.6) is 0 Å². The molecule has 11 nitrogen and oxygen atoms in total. The summed E-state index contributed by atoms with van der Waals surface area (Å²) in [5.74, 6) is -0.0392. The Bertz CT molecular complexity index is 1270. The first-order valence-corrected chi connectivity index (χ1v) is 14.9. The van der Waals surface area contributed by atoms with E-state index in [0.29, 0.717) is 5.52 Å². The molecule has 2 aromatic heterocycles. The zero-order chi connectivity index (χ0) is 29.2. The SMILES string of the molecule is CCCCCCCCCCCC(OCOC1[C@@H](O)[C@@H](CO)O[C@H]1[n+]1cn(C)c2c(=O)[nH]c(N)nc21)c1ccccc1. The van der Waals surface area contributed by atoms with Crippen molar-refractivity contribution in [3.8, 4) is 0 Å². The Morgan fingerprint density at radius 3 is 2.49 bits per heavy atom. The summed E-state index contributed by atoms with van der Waals surface area (Å²) in [5, 5.41) is 20.8. The van der Waals surface area contributed by atoms with E-state index in [1.165, 1.54) is 44.9 Å². The second kappa shape index (κ2) is 15.4. The van der Waals surface area contributed by atoms with Gasteiger partial charge in [-0.25, -0.2) is 4.57 Å². The van der Waals surface area contributed by atoms with Crippen molar-refractivity contribution in [3.05, 3.63) is 52.6 Å². The molecule has 1 aromatic carbocycles. The van der Waals surface area contributed by atoms with Crippen LogP contribution in [0.15, 0.2) is 41.5 Å². The zero-order valence-corrected chi connectivity index (χ0v) is 24.3. The third kappa shape index (κ3) is 7.92. The molecule has 5 atom stereocenters. The first-order chi connectivity index (χ1) is 19.9. The number of aromatic nitrogens is 4. The summed E-state index contributed by atoms with van der Waals surface area (Å²) in [6.07, 6.45) is 9.87. The molecule has 1 saturated heterocycles. The fourth-order valence-electron chi connectivity index (χ4n) is 5.58. The number of aliphatic hydroxyl groups is 2. The van der Waals surface area contributed by atoms with E-state index in [2.05, 4.69) is 29.0 Å². The average Bonchev–Trinajstić information content (AvgIpc) is 3.46. The summed E-state index contributed by atoms with van der Waals surface area (Å²) in [5.41, 5.74) is 7.07. The predicted molar refractivity (Wildman–Crippen MR) is 155 cm³/mol. The third-order valence-electron chi connectivity index (χ3n) is 7.83. The Hall–Kier alpha value is -2.83. The van der Waals surface area contributed by atoms with Gasteiger partial charge in [-0.05, 0) is 12.0 Å². The molecule has 41 heavy (non-hydrogen) atoms. The van der Waals surface area contributed by atoms with Crippen LogP contribution in [0.1, 0.15) is 89.0 Å². The van der Waals surface area contributed by atoms with Gasteiger partial charge in [0.15, 0.2) is 6.33 Å². The third-order valence-corrected chi connectivity index (χ3v) is 7.83. The number of benzene rings is 1. The highest BCUT2D eigenvalue weighted by Gasteiger charge is 2.48. The van der Waals surface area contributed by atoms with E-state index < -0.39 is 36.7 Å². The average molecular weight is 573 g/mol. The molecule has 2 unspecified atom stereocenters. The summed E-state index contributed by atoms with van der Waals surface area (Å²) in [6, 6.07) is 10.1. The minimum atomic E-state index is -1.12. The lowest BCUT2D eigenvalue weighted by Gasteiger charge is -2.23. The van der Waals surface area contributed by atoms with Crippen molar-refractivity contribution in [3.63, 3.8) is 0 Å². The molecule has 5 N–H and O–H groups in total. The maximum Gasteiger partial charge on any atom is 0.313 e. The van der Waals surface area contributed by atoms with E-state index in [-0.39, 0.29) is 24.5 Å². The number of nitrogen functional groups attached to an aromatic ring is 1. The number of rotatable bonds is 17. The Morgan fingerprint density at radius 2 is 1.80 bits per heavy atom. The standard InChI is InChI=1S/C30H45N5O6/c1-3-4-5-6-7-8-9-10-14-17-22(21-15-12-11-13-16-21)39-20-40-26-25(37)23(18-36)41-29(26)35-19-34(2)24-27(35)32-30(31)33-28(24)38/h11-13,15-16,19,22-23,25-26,29,36-37H,3-10,14,17-18,20H2,1-2H3,(H2-,31,32,33,38)/p+1/t22?,23-,25+,26?,29-/m1/s1. The van der Waals surface area contributed by atoms with Gasteiger partial charge < -0.3 is 30.2 Å². The number of anilines is 1. The monoisotopic (exact) mass is 572 g/mol. The Morgan fingerprint density at radius 1 is 1.12 bits per heavy atom. The summed E-state index contributed by atoms with van der Waals surface area (Å²) in [4.78, 5) is 19.3. The number of H-pyrrole nitrogens is 1. The molecule has 3 heterocycles. The molecule has 0 bridgehead atoms. The molecule has 0 radical (unpaired) electrons.